The van der Waals surface area contributed by atoms with Gasteiger partial charge in [0.1, 0.15) is 11.2 Å². The van der Waals surface area contributed by atoms with Gasteiger partial charge in [-0.05, 0) is 200 Å². The summed E-state index contributed by atoms with van der Waals surface area (Å²) in [6, 6.07) is 93.9. The Labute approximate surface area is 624 Å². The Morgan fingerprint density at radius 2 is 0.726 bits per heavy atom. The number of hydrogen-bond donors (Lipinski definition) is 0. The maximum absolute atomic E-state index is 6.36. The minimum Gasteiger partial charge on any atom is -0.456 e. The van der Waals surface area contributed by atoms with Crippen LogP contribution in [0.4, 0.5) is 0 Å². The second kappa shape index (κ2) is 26.6. The topological polar surface area (TPSA) is 102 Å². The summed E-state index contributed by atoms with van der Waals surface area (Å²) in [5.74, 6) is 0.931. The van der Waals surface area contributed by atoms with Crippen LogP contribution in [0.2, 0.25) is 0 Å². The second-order valence-electron chi connectivity index (χ2n) is 27.2. The minimum atomic E-state index is 0. The fourth-order valence-electron chi connectivity index (χ4n) is 16.2. The van der Waals surface area contributed by atoms with Crippen LogP contribution >= 0.6 is 0 Å². The third kappa shape index (κ3) is 11.0. The Balaban J connectivity index is 0.000000120. The zero-order chi connectivity index (χ0) is 70.4. The summed E-state index contributed by atoms with van der Waals surface area (Å²) in [4.78, 5) is 21.9. The molecular weight excluding hydrogens is 1480 g/mol. The van der Waals surface area contributed by atoms with E-state index in [2.05, 4.69) is 319 Å². The number of hydrogen-bond acceptors (Lipinski definition) is 6. The SMILES string of the molecule is Cc1cc(-n2c3ccncc3c3cnccc32)ccc1-c1ccc(-n2c3ccncc3c3cnccc32)cc1C.Cc1cc(C)c(-n2ccnc2-c2[c-]cccc2)c(C)c1.[Ir].c1ccc(-n2c3ccccc3c3cc(-c4ccc5oc6ccc(-n7c8ccccc8c8ccccc87)cc6c5c4)ccc32)cc1. The molecule has 0 fully saturated rings. The summed E-state index contributed by atoms with van der Waals surface area (Å²) < 4.78 is 17.8. The van der Waals surface area contributed by atoms with Crippen LogP contribution in [0, 0.1) is 40.7 Å². The number of pyridine rings is 4. The number of nitrogens with zero attached hydrogens (tertiary/aromatic N) is 10. The van der Waals surface area contributed by atoms with Crippen LogP contribution in [0.5, 0.6) is 0 Å². The van der Waals surface area contributed by atoms with Crippen molar-refractivity contribution in [1.82, 2.24) is 47.8 Å². The van der Waals surface area contributed by atoms with Gasteiger partial charge in [0.25, 0.3) is 0 Å². The van der Waals surface area contributed by atoms with E-state index in [-0.39, 0.29) is 20.1 Å². The predicted molar refractivity (Wildman–Crippen MR) is 431 cm³/mol. The smallest absolute Gasteiger partial charge is 0.135 e. The molecule has 0 bridgehead atoms. The summed E-state index contributed by atoms with van der Waals surface area (Å²) in [5, 5.41) is 11.7. The molecule has 0 N–H and O–H groups in total. The van der Waals surface area contributed by atoms with Crippen molar-refractivity contribution >= 4 is 109 Å². The van der Waals surface area contributed by atoms with Gasteiger partial charge in [0.15, 0.2) is 0 Å². The van der Waals surface area contributed by atoms with E-state index in [0.29, 0.717) is 0 Å². The first kappa shape index (κ1) is 64.9. The molecule has 0 aliphatic heterocycles. The van der Waals surface area contributed by atoms with Crippen molar-refractivity contribution in [2.75, 3.05) is 0 Å². The summed E-state index contributed by atoms with van der Waals surface area (Å²) >= 11 is 0. The number of imidazole rings is 1. The van der Waals surface area contributed by atoms with Gasteiger partial charge in [-0.1, -0.05) is 115 Å². The zero-order valence-corrected chi connectivity index (χ0v) is 61.1. The van der Waals surface area contributed by atoms with Crippen LogP contribution < -0.4 is 0 Å². The van der Waals surface area contributed by atoms with Crippen LogP contribution in [0.3, 0.4) is 0 Å². The van der Waals surface area contributed by atoms with E-state index in [1.54, 1.807) is 0 Å². The molecule has 0 aliphatic rings. The van der Waals surface area contributed by atoms with Crippen LogP contribution in [0.15, 0.2) is 321 Å². The van der Waals surface area contributed by atoms with Crippen molar-refractivity contribution in [2.24, 2.45) is 0 Å². The largest absolute Gasteiger partial charge is 0.456 e. The average molecular weight is 1540 g/mol. The van der Waals surface area contributed by atoms with Gasteiger partial charge < -0.3 is 27.3 Å². The Hall–Kier alpha value is -13.1. The second-order valence-corrected chi connectivity index (χ2v) is 27.2. The van der Waals surface area contributed by atoms with E-state index in [1.165, 1.54) is 105 Å². The normalized spacial score (nSPS) is 11.6. The van der Waals surface area contributed by atoms with Crippen LogP contribution in [-0.2, 0) is 20.1 Å². The van der Waals surface area contributed by atoms with Crippen molar-refractivity contribution in [3.63, 3.8) is 0 Å². The number of fused-ring (bicyclic) bond motifs is 15. The Bertz CT molecular complexity index is 6650. The summed E-state index contributed by atoms with van der Waals surface area (Å²) in [5.41, 5.74) is 29.0. The number of aryl methyl sites for hydroxylation is 5. The van der Waals surface area contributed by atoms with E-state index in [0.717, 1.165) is 94.0 Å². The fraction of sp³-hybridized carbons (Fsp3) is 0.0532. The first-order valence-corrected chi connectivity index (χ1v) is 35.4. The number of benzene rings is 11. The number of para-hydroxylation sites is 4. The van der Waals surface area contributed by atoms with Crippen LogP contribution in [0.1, 0.15) is 27.8 Å². The molecule has 21 aromatic rings. The summed E-state index contributed by atoms with van der Waals surface area (Å²) in [7, 11) is 0. The standard InChI is InChI=1S/C42H26N2O.C34H24N6.C18H17N2.Ir/c1-2-10-29(11-3-1)43-39-17-9-6-14-33(39)34-24-27(18-21-40(34)43)28-19-22-41-35(25-28)36-26-30(20-23-42(36)45-41)44-37-15-7-4-12-31(37)32-13-5-8-16-38(32)44;1-21-15-23(39-31-7-11-35-17-27(31)28-18-36-12-8-32(28)39)3-5-25(21)26-6-4-24(16-22(26)2)40-33-9-13-37-19-29(33)30-20-38-14-10-34(30)40;1-13-11-14(2)17(15(3)12-13)20-10-9-19-18(20)16-7-5-4-6-8-16;/h1-26H;3-20H,1-2H3;4-7,9-12H,1-3H3;/q;;-1;. The van der Waals surface area contributed by atoms with Gasteiger partial charge in [-0.2, -0.15) is 0 Å². The molecule has 0 saturated heterocycles. The van der Waals surface area contributed by atoms with E-state index < -0.39 is 0 Å². The number of rotatable bonds is 8. The summed E-state index contributed by atoms with van der Waals surface area (Å²) in [6.07, 6.45) is 18.9. The molecule has 10 heterocycles. The van der Waals surface area contributed by atoms with Crippen molar-refractivity contribution in [3.05, 3.63) is 351 Å². The maximum Gasteiger partial charge on any atom is 0.135 e. The molecule has 1 radical (unpaired) electrons. The van der Waals surface area contributed by atoms with Gasteiger partial charge in [0.05, 0.1) is 50.0 Å². The Kier molecular flexibility index (Phi) is 16.3. The molecule has 0 amide bonds. The van der Waals surface area contributed by atoms with Crippen LogP contribution in [0.25, 0.3) is 171 Å². The first-order chi connectivity index (χ1) is 51.7. The molecule has 11 aromatic carbocycles. The molecule has 12 heteroatoms. The zero-order valence-electron chi connectivity index (χ0n) is 58.7. The van der Waals surface area contributed by atoms with Gasteiger partial charge in [-0.25, -0.2) is 0 Å². The van der Waals surface area contributed by atoms with E-state index >= 15 is 0 Å². The molecule has 0 saturated carbocycles. The molecule has 106 heavy (non-hydrogen) atoms. The van der Waals surface area contributed by atoms with Crippen molar-refractivity contribution in [2.45, 2.75) is 34.6 Å². The van der Waals surface area contributed by atoms with Crippen molar-refractivity contribution < 1.29 is 24.5 Å². The number of aromatic nitrogens is 10. The Morgan fingerprint density at radius 1 is 0.311 bits per heavy atom. The van der Waals surface area contributed by atoms with Crippen molar-refractivity contribution in [1.29, 1.82) is 0 Å². The molecule has 0 aliphatic carbocycles. The summed E-state index contributed by atoms with van der Waals surface area (Å²) in [6.45, 7) is 10.8. The molecular formula is C94H67IrN10O-. The minimum absolute atomic E-state index is 0. The molecule has 0 unspecified atom stereocenters. The van der Waals surface area contributed by atoms with E-state index in [9.17, 15) is 0 Å². The third-order valence-corrected chi connectivity index (χ3v) is 20.7. The predicted octanol–water partition coefficient (Wildman–Crippen LogP) is 23.5. The van der Waals surface area contributed by atoms with E-state index in [4.69, 9.17) is 4.42 Å². The fourth-order valence-corrected chi connectivity index (χ4v) is 16.2. The Morgan fingerprint density at radius 3 is 1.24 bits per heavy atom. The quantitative estimate of drug-likeness (QED) is 0.140. The molecule has 509 valence electrons. The van der Waals surface area contributed by atoms with Crippen molar-refractivity contribution in [3.8, 4) is 62.1 Å². The van der Waals surface area contributed by atoms with Gasteiger partial charge >= 0.3 is 0 Å². The first-order valence-electron chi connectivity index (χ1n) is 35.4. The maximum atomic E-state index is 6.36. The van der Waals surface area contributed by atoms with Crippen LogP contribution in [-0.4, -0.2) is 47.8 Å². The molecule has 10 aromatic heterocycles. The van der Waals surface area contributed by atoms with Gasteiger partial charge in [-0.3, -0.25) is 24.9 Å². The molecule has 21 rings (SSSR count). The average Bonchev–Trinajstić information content (AvgIpc) is 1.57. The van der Waals surface area contributed by atoms with Gasteiger partial charge in [0, 0.05) is 164 Å². The van der Waals surface area contributed by atoms with Gasteiger partial charge in [-0.15, -0.1) is 35.9 Å². The monoisotopic (exact) mass is 1540 g/mol. The number of furan rings is 1. The van der Waals surface area contributed by atoms with E-state index in [1.807, 2.05) is 86.2 Å². The van der Waals surface area contributed by atoms with Gasteiger partial charge in [0.2, 0.25) is 0 Å². The molecule has 0 atom stereocenters. The molecule has 11 nitrogen and oxygen atoms in total. The third-order valence-electron chi connectivity index (χ3n) is 20.7. The molecule has 0 spiro atoms.